The second-order valence-electron chi connectivity index (χ2n) is 13.0. The van der Waals surface area contributed by atoms with Gasteiger partial charge in [-0.2, -0.15) is 0 Å². The number of rotatable bonds is 8. The molecule has 0 radical (unpaired) electrons. The van der Waals surface area contributed by atoms with E-state index in [1.165, 1.54) is 32.1 Å². The Bertz CT molecular complexity index is 818. The zero-order chi connectivity index (χ0) is 25.1. The van der Waals surface area contributed by atoms with Crippen molar-refractivity contribution in [1.29, 1.82) is 0 Å². The van der Waals surface area contributed by atoms with Crippen LogP contribution in [0.3, 0.4) is 0 Å². The predicted molar refractivity (Wildman–Crippen MR) is 128 cm³/mol. The van der Waals surface area contributed by atoms with Gasteiger partial charge in [-0.05, 0) is 110 Å². The van der Waals surface area contributed by atoms with Crippen LogP contribution in [-0.4, -0.2) is 35.2 Å². The third-order valence-electron chi connectivity index (χ3n) is 10.0. The lowest BCUT2D eigenvalue weighted by molar-refractivity contribution is -0.220. The Morgan fingerprint density at radius 3 is 1.97 bits per heavy atom. The van der Waals surface area contributed by atoms with Crippen molar-refractivity contribution in [2.24, 2.45) is 34.5 Å². The van der Waals surface area contributed by atoms with Gasteiger partial charge in [-0.1, -0.05) is 13.8 Å². The van der Waals surface area contributed by atoms with E-state index in [0.29, 0.717) is 24.7 Å². The zero-order valence-electron chi connectivity index (χ0n) is 22.2. The fraction of sp³-hybridized carbons (Fsp3) is 0.893. The van der Waals surface area contributed by atoms with Crippen molar-refractivity contribution in [2.45, 2.75) is 124 Å². The maximum atomic E-state index is 13.8. The van der Waals surface area contributed by atoms with Gasteiger partial charge in [-0.3, -0.25) is 14.4 Å². The molecule has 6 nitrogen and oxygen atoms in total. The molecule has 5 rings (SSSR count). The van der Waals surface area contributed by atoms with Gasteiger partial charge >= 0.3 is 17.9 Å². The van der Waals surface area contributed by atoms with Crippen LogP contribution in [0.25, 0.3) is 0 Å². The molecule has 0 N–H and O–H groups in total. The molecule has 3 unspecified atom stereocenters. The Hall–Kier alpha value is -1.59. The Balaban J connectivity index is 1.48. The minimum absolute atomic E-state index is 0.0485. The van der Waals surface area contributed by atoms with Gasteiger partial charge in [-0.15, -0.1) is 0 Å². The van der Waals surface area contributed by atoms with E-state index in [4.69, 9.17) is 14.2 Å². The average Bonchev–Trinajstić information content (AvgIpc) is 3.00. The zero-order valence-corrected chi connectivity index (χ0v) is 22.2. The molecule has 34 heavy (non-hydrogen) atoms. The van der Waals surface area contributed by atoms with Crippen LogP contribution in [0.4, 0.5) is 0 Å². The molecule has 0 spiro atoms. The van der Waals surface area contributed by atoms with Gasteiger partial charge in [0.15, 0.2) is 5.60 Å². The summed E-state index contributed by atoms with van der Waals surface area (Å²) in [6, 6.07) is 0. The maximum absolute atomic E-state index is 13.8. The van der Waals surface area contributed by atoms with Crippen molar-refractivity contribution >= 4 is 17.9 Å². The summed E-state index contributed by atoms with van der Waals surface area (Å²) in [5.41, 5.74) is -3.05. The molecule has 0 aromatic heterocycles. The highest BCUT2D eigenvalue weighted by Gasteiger charge is 2.60. The second-order valence-corrected chi connectivity index (χ2v) is 13.0. The smallest absolute Gasteiger partial charge is 0.312 e. The number of ether oxygens (including phenoxy) is 3. The summed E-state index contributed by atoms with van der Waals surface area (Å²) in [5.74, 6) is 1.61. The Morgan fingerprint density at radius 2 is 1.53 bits per heavy atom. The van der Waals surface area contributed by atoms with Crippen LogP contribution in [0, 0.1) is 34.5 Å². The molecule has 0 aromatic rings. The van der Waals surface area contributed by atoms with Gasteiger partial charge in [-0.25, -0.2) is 0 Å². The standard InChI is InChI=1S/C28H44O6/c1-8-26(6,16-25(4,5)23(30)33-27(7)15-22(29)32-17(27)3)24(31)34-28(9-2)20-11-18-10-19(13-20)14-21(28)12-18/h17-21H,8-16H2,1-7H3. The summed E-state index contributed by atoms with van der Waals surface area (Å²) >= 11 is 0. The first-order chi connectivity index (χ1) is 15.8. The van der Waals surface area contributed by atoms with E-state index < -0.39 is 28.5 Å². The Kier molecular flexibility index (Phi) is 6.39. The first-order valence-corrected chi connectivity index (χ1v) is 13.4. The number of esters is 3. The molecule has 1 heterocycles. The van der Waals surface area contributed by atoms with Crippen molar-refractivity contribution in [3.05, 3.63) is 0 Å². The number of hydrogen-bond donors (Lipinski definition) is 0. The monoisotopic (exact) mass is 476 g/mol. The molecule has 1 saturated heterocycles. The summed E-state index contributed by atoms with van der Waals surface area (Å²) < 4.78 is 17.6. The molecular formula is C28H44O6. The molecule has 1 aliphatic heterocycles. The molecule has 4 saturated carbocycles. The maximum Gasteiger partial charge on any atom is 0.312 e. The topological polar surface area (TPSA) is 78.9 Å². The van der Waals surface area contributed by atoms with Crippen LogP contribution >= 0.6 is 0 Å². The molecule has 4 bridgehead atoms. The van der Waals surface area contributed by atoms with E-state index in [1.807, 2.05) is 27.7 Å². The molecule has 5 aliphatic rings. The highest BCUT2D eigenvalue weighted by molar-refractivity contribution is 5.82. The lowest BCUT2D eigenvalue weighted by atomic mass is 9.49. The lowest BCUT2D eigenvalue weighted by Gasteiger charge is -2.60. The minimum atomic E-state index is -0.985. The largest absolute Gasteiger partial charge is 0.458 e. The summed E-state index contributed by atoms with van der Waals surface area (Å²) in [6.45, 7) is 13.2. The number of cyclic esters (lactones) is 1. The van der Waals surface area contributed by atoms with Crippen LogP contribution in [0.5, 0.6) is 0 Å². The summed E-state index contributed by atoms with van der Waals surface area (Å²) in [4.78, 5) is 38.8. The third kappa shape index (κ3) is 4.17. The number of carbonyl (C=O) groups excluding carboxylic acids is 3. The molecule has 5 fully saturated rings. The van der Waals surface area contributed by atoms with Crippen molar-refractivity contribution < 1.29 is 28.6 Å². The molecule has 0 aromatic carbocycles. The molecule has 6 heteroatoms. The van der Waals surface area contributed by atoms with E-state index in [2.05, 4.69) is 6.92 Å². The molecule has 0 amide bonds. The van der Waals surface area contributed by atoms with E-state index >= 15 is 0 Å². The van der Waals surface area contributed by atoms with E-state index in [0.717, 1.165) is 18.3 Å². The van der Waals surface area contributed by atoms with Crippen molar-refractivity contribution in [3.8, 4) is 0 Å². The fourth-order valence-corrected chi connectivity index (χ4v) is 7.75. The summed E-state index contributed by atoms with van der Waals surface area (Å²) in [5, 5.41) is 0. The van der Waals surface area contributed by atoms with Gasteiger partial charge in [0, 0.05) is 0 Å². The SMILES string of the molecule is CCC(C)(CC(C)(C)C(=O)OC1(C)CC(=O)OC1C)C(=O)OC1(CC)C2CC3CC(C2)CC1C3. The summed E-state index contributed by atoms with van der Waals surface area (Å²) in [6.07, 6.45) is 7.43. The third-order valence-corrected chi connectivity index (χ3v) is 10.0. The van der Waals surface area contributed by atoms with Gasteiger partial charge < -0.3 is 14.2 Å². The van der Waals surface area contributed by atoms with Crippen LogP contribution < -0.4 is 0 Å². The molecule has 4 aliphatic carbocycles. The van der Waals surface area contributed by atoms with Gasteiger partial charge in [0.05, 0.1) is 17.3 Å². The van der Waals surface area contributed by atoms with Crippen molar-refractivity contribution in [2.75, 3.05) is 0 Å². The van der Waals surface area contributed by atoms with Crippen molar-refractivity contribution in [1.82, 2.24) is 0 Å². The van der Waals surface area contributed by atoms with Crippen LogP contribution in [-0.2, 0) is 28.6 Å². The van der Waals surface area contributed by atoms with Gasteiger partial charge in [0.1, 0.15) is 11.7 Å². The predicted octanol–water partition coefficient (Wildman–Crippen LogP) is 5.60. The van der Waals surface area contributed by atoms with Crippen LogP contribution in [0.15, 0.2) is 0 Å². The van der Waals surface area contributed by atoms with Gasteiger partial charge in [0.2, 0.25) is 0 Å². The van der Waals surface area contributed by atoms with Crippen molar-refractivity contribution in [3.63, 3.8) is 0 Å². The Morgan fingerprint density at radius 1 is 0.971 bits per heavy atom. The molecule has 192 valence electrons. The van der Waals surface area contributed by atoms with E-state index in [1.54, 1.807) is 13.8 Å². The lowest BCUT2D eigenvalue weighted by Crippen LogP contribution is -2.60. The van der Waals surface area contributed by atoms with Gasteiger partial charge in [0.25, 0.3) is 0 Å². The van der Waals surface area contributed by atoms with Crippen LogP contribution in [0.1, 0.15) is 106 Å². The summed E-state index contributed by atoms with van der Waals surface area (Å²) in [7, 11) is 0. The molecule has 3 atom stereocenters. The normalized spacial score (nSPS) is 40.6. The Labute approximate surface area is 204 Å². The van der Waals surface area contributed by atoms with Crippen LogP contribution in [0.2, 0.25) is 0 Å². The fourth-order valence-electron chi connectivity index (χ4n) is 7.75. The first kappa shape index (κ1) is 25.5. The molecular weight excluding hydrogens is 432 g/mol. The van der Waals surface area contributed by atoms with E-state index in [-0.39, 0.29) is 24.0 Å². The average molecular weight is 477 g/mol. The highest BCUT2D eigenvalue weighted by Crippen LogP contribution is 2.61. The highest BCUT2D eigenvalue weighted by atomic mass is 16.6. The minimum Gasteiger partial charge on any atom is -0.458 e. The first-order valence-electron chi connectivity index (χ1n) is 13.4. The quantitative estimate of drug-likeness (QED) is 0.335. The van der Waals surface area contributed by atoms with E-state index in [9.17, 15) is 14.4 Å². The number of carbonyl (C=O) groups is 3. The second kappa shape index (κ2) is 8.51. The number of hydrogen-bond acceptors (Lipinski definition) is 6.